The van der Waals surface area contributed by atoms with E-state index in [4.69, 9.17) is 10.3 Å². The van der Waals surface area contributed by atoms with Gasteiger partial charge in [-0.25, -0.2) is 4.39 Å². The molecular weight excluding hydrogens is 265 g/mol. The van der Waals surface area contributed by atoms with Crippen LogP contribution in [-0.2, 0) is 6.42 Å². The summed E-state index contributed by atoms with van der Waals surface area (Å²) >= 11 is 1.61. The average Bonchev–Trinajstić information content (AvgIpc) is 3.04. The van der Waals surface area contributed by atoms with Crippen LogP contribution in [0.25, 0.3) is 11.5 Å². The first kappa shape index (κ1) is 11.9. The minimum atomic E-state index is -0.430. The largest absolute Gasteiger partial charge is 0.399 e. The zero-order chi connectivity index (χ0) is 13.2. The first-order valence-electron chi connectivity index (χ1n) is 5.63. The van der Waals surface area contributed by atoms with E-state index in [1.165, 1.54) is 18.2 Å². The highest BCUT2D eigenvalue weighted by Crippen LogP contribution is 2.24. The maximum absolute atomic E-state index is 13.7. The second kappa shape index (κ2) is 4.81. The molecule has 0 fully saturated rings. The fourth-order valence-corrected chi connectivity index (χ4v) is 2.41. The van der Waals surface area contributed by atoms with Crippen molar-refractivity contribution in [3.63, 3.8) is 0 Å². The maximum Gasteiger partial charge on any atom is 0.260 e. The Morgan fingerprint density at radius 3 is 3.00 bits per heavy atom. The Kier molecular flexibility index (Phi) is 3.00. The standard InChI is InChI=1S/C13H10FN3OS/c14-11-4-3-8(15)6-10(11)13-16-12(17-18-13)7-9-2-1-5-19-9/h1-6H,7,15H2. The summed E-state index contributed by atoms with van der Waals surface area (Å²) in [6.07, 6.45) is 0.575. The molecule has 0 unspecified atom stereocenters. The van der Waals surface area contributed by atoms with Crippen molar-refractivity contribution in [2.45, 2.75) is 6.42 Å². The molecule has 0 atom stereocenters. The van der Waals surface area contributed by atoms with E-state index >= 15 is 0 Å². The van der Waals surface area contributed by atoms with Crippen LogP contribution in [0.1, 0.15) is 10.7 Å². The molecule has 0 saturated carbocycles. The molecule has 6 heteroatoms. The van der Waals surface area contributed by atoms with Gasteiger partial charge in [0.25, 0.3) is 5.89 Å². The summed E-state index contributed by atoms with van der Waals surface area (Å²) in [6.45, 7) is 0. The minimum Gasteiger partial charge on any atom is -0.399 e. The Morgan fingerprint density at radius 2 is 2.21 bits per heavy atom. The molecule has 2 heterocycles. The van der Waals surface area contributed by atoms with Crippen molar-refractivity contribution in [1.82, 2.24) is 10.1 Å². The second-order valence-corrected chi connectivity index (χ2v) is 5.04. The van der Waals surface area contributed by atoms with Gasteiger partial charge in [0, 0.05) is 17.0 Å². The number of hydrogen-bond donors (Lipinski definition) is 1. The van der Waals surface area contributed by atoms with Gasteiger partial charge in [-0.15, -0.1) is 11.3 Å². The summed E-state index contributed by atoms with van der Waals surface area (Å²) in [5.41, 5.74) is 6.31. The van der Waals surface area contributed by atoms with E-state index < -0.39 is 5.82 Å². The van der Waals surface area contributed by atoms with Crippen molar-refractivity contribution in [1.29, 1.82) is 0 Å². The summed E-state index contributed by atoms with van der Waals surface area (Å²) in [4.78, 5) is 5.32. The quantitative estimate of drug-likeness (QED) is 0.746. The fourth-order valence-electron chi connectivity index (χ4n) is 1.71. The van der Waals surface area contributed by atoms with Gasteiger partial charge in [0.1, 0.15) is 5.82 Å². The normalized spacial score (nSPS) is 10.8. The highest BCUT2D eigenvalue weighted by atomic mass is 32.1. The van der Waals surface area contributed by atoms with E-state index in [1.54, 1.807) is 11.3 Å². The monoisotopic (exact) mass is 275 g/mol. The predicted molar refractivity (Wildman–Crippen MR) is 71.2 cm³/mol. The highest BCUT2D eigenvalue weighted by Gasteiger charge is 2.14. The van der Waals surface area contributed by atoms with Crippen molar-refractivity contribution in [3.05, 3.63) is 52.2 Å². The Balaban J connectivity index is 1.90. The highest BCUT2D eigenvalue weighted by molar-refractivity contribution is 7.09. The molecule has 0 bridgehead atoms. The van der Waals surface area contributed by atoms with Crippen LogP contribution in [-0.4, -0.2) is 10.1 Å². The average molecular weight is 275 g/mol. The molecule has 0 radical (unpaired) electrons. The number of benzene rings is 1. The number of anilines is 1. The molecule has 0 spiro atoms. The fraction of sp³-hybridized carbons (Fsp3) is 0.0769. The molecule has 0 aliphatic carbocycles. The van der Waals surface area contributed by atoms with E-state index in [0.29, 0.717) is 17.9 Å². The zero-order valence-corrected chi connectivity index (χ0v) is 10.7. The zero-order valence-electron chi connectivity index (χ0n) is 9.84. The summed E-state index contributed by atoms with van der Waals surface area (Å²) in [5.74, 6) is 0.246. The van der Waals surface area contributed by atoms with Gasteiger partial charge in [0.05, 0.1) is 5.56 Å². The van der Waals surface area contributed by atoms with E-state index in [9.17, 15) is 4.39 Å². The number of hydrogen-bond acceptors (Lipinski definition) is 5. The molecule has 2 aromatic heterocycles. The van der Waals surface area contributed by atoms with Crippen molar-refractivity contribution < 1.29 is 8.91 Å². The van der Waals surface area contributed by atoms with Crippen molar-refractivity contribution in [2.75, 3.05) is 5.73 Å². The molecule has 3 aromatic rings. The topological polar surface area (TPSA) is 64.9 Å². The van der Waals surface area contributed by atoms with Crippen LogP contribution in [0.15, 0.2) is 40.2 Å². The number of nitrogen functional groups attached to an aromatic ring is 1. The van der Waals surface area contributed by atoms with Gasteiger partial charge in [-0.3, -0.25) is 0 Å². The van der Waals surface area contributed by atoms with Crippen molar-refractivity contribution in [2.24, 2.45) is 0 Å². The van der Waals surface area contributed by atoms with E-state index in [2.05, 4.69) is 10.1 Å². The smallest absolute Gasteiger partial charge is 0.260 e. The number of nitrogens with two attached hydrogens (primary N) is 1. The summed E-state index contributed by atoms with van der Waals surface area (Å²) in [7, 11) is 0. The predicted octanol–water partition coefficient (Wildman–Crippen LogP) is 3.11. The van der Waals surface area contributed by atoms with Crippen LogP contribution in [0.3, 0.4) is 0 Å². The first-order chi connectivity index (χ1) is 9.22. The Labute approximate surface area is 112 Å². The lowest BCUT2D eigenvalue weighted by Crippen LogP contribution is -1.91. The maximum atomic E-state index is 13.7. The van der Waals surface area contributed by atoms with Gasteiger partial charge >= 0.3 is 0 Å². The number of nitrogens with zero attached hydrogens (tertiary/aromatic N) is 2. The van der Waals surface area contributed by atoms with Crippen LogP contribution in [0.2, 0.25) is 0 Å². The van der Waals surface area contributed by atoms with Crippen LogP contribution in [0, 0.1) is 5.82 Å². The Bertz CT molecular complexity index is 694. The van der Waals surface area contributed by atoms with Gasteiger partial charge in [-0.2, -0.15) is 4.98 Å². The van der Waals surface area contributed by atoms with Crippen molar-refractivity contribution >= 4 is 17.0 Å². The molecule has 96 valence electrons. The summed E-state index contributed by atoms with van der Waals surface area (Å²) in [6, 6.07) is 8.20. The number of halogens is 1. The molecule has 3 rings (SSSR count). The third-order valence-electron chi connectivity index (χ3n) is 2.60. The number of thiophene rings is 1. The molecule has 0 saturated heterocycles. The summed E-state index contributed by atoms with van der Waals surface area (Å²) in [5, 5.41) is 5.83. The Hall–Kier alpha value is -2.21. The van der Waals surface area contributed by atoms with Gasteiger partial charge in [-0.1, -0.05) is 11.2 Å². The molecule has 0 aliphatic heterocycles. The molecule has 0 amide bonds. The third-order valence-corrected chi connectivity index (χ3v) is 3.48. The van der Waals surface area contributed by atoms with Crippen LogP contribution >= 0.6 is 11.3 Å². The molecule has 4 nitrogen and oxygen atoms in total. The van der Waals surface area contributed by atoms with E-state index in [-0.39, 0.29) is 11.5 Å². The van der Waals surface area contributed by atoms with Gasteiger partial charge in [0.2, 0.25) is 0 Å². The molecule has 1 aromatic carbocycles. The lowest BCUT2D eigenvalue weighted by molar-refractivity contribution is 0.421. The molecule has 2 N–H and O–H groups in total. The van der Waals surface area contributed by atoms with E-state index in [1.807, 2.05) is 17.5 Å². The van der Waals surface area contributed by atoms with Crippen LogP contribution < -0.4 is 5.73 Å². The Morgan fingerprint density at radius 1 is 1.32 bits per heavy atom. The summed E-state index contributed by atoms with van der Waals surface area (Å²) < 4.78 is 18.7. The number of rotatable bonds is 3. The minimum absolute atomic E-state index is 0.149. The van der Waals surface area contributed by atoms with Gasteiger partial charge < -0.3 is 10.3 Å². The van der Waals surface area contributed by atoms with Crippen molar-refractivity contribution in [3.8, 4) is 11.5 Å². The number of aromatic nitrogens is 2. The van der Waals surface area contributed by atoms with E-state index in [0.717, 1.165) is 4.88 Å². The lowest BCUT2D eigenvalue weighted by atomic mass is 10.2. The van der Waals surface area contributed by atoms with Crippen LogP contribution in [0.5, 0.6) is 0 Å². The van der Waals surface area contributed by atoms with Gasteiger partial charge in [0.15, 0.2) is 5.82 Å². The first-order valence-corrected chi connectivity index (χ1v) is 6.51. The third kappa shape index (κ3) is 2.48. The SMILES string of the molecule is Nc1ccc(F)c(-c2nc(Cc3cccs3)no2)c1. The molecule has 0 aliphatic rings. The second-order valence-electron chi connectivity index (χ2n) is 4.01. The molecule has 19 heavy (non-hydrogen) atoms. The van der Waals surface area contributed by atoms with Gasteiger partial charge in [-0.05, 0) is 29.6 Å². The molecular formula is C13H10FN3OS. The lowest BCUT2D eigenvalue weighted by Gasteiger charge is -1.98. The van der Waals surface area contributed by atoms with Crippen LogP contribution in [0.4, 0.5) is 10.1 Å².